The van der Waals surface area contributed by atoms with E-state index < -0.39 is 0 Å². The van der Waals surface area contributed by atoms with Crippen LogP contribution >= 0.6 is 0 Å². The second kappa shape index (κ2) is 5.68. The summed E-state index contributed by atoms with van der Waals surface area (Å²) in [4.78, 5) is 2.48. The molecule has 0 fully saturated rings. The van der Waals surface area contributed by atoms with E-state index in [9.17, 15) is 0 Å². The highest BCUT2D eigenvalue weighted by atomic mass is 15.2. The fourth-order valence-corrected chi connectivity index (χ4v) is 3.25. The molecule has 3 rings (SSSR count). The molecular weight excluding hydrogens is 244 g/mol. The smallest absolute Gasteiger partial charge is 0.0665 e. The Kier molecular flexibility index (Phi) is 3.75. The first-order valence-electron chi connectivity index (χ1n) is 7.39. The van der Waals surface area contributed by atoms with Gasteiger partial charge in [-0.05, 0) is 29.5 Å². The van der Waals surface area contributed by atoms with Crippen LogP contribution in [0.25, 0.3) is 0 Å². The van der Waals surface area contributed by atoms with Crippen molar-refractivity contribution in [1.82, 2.24) is 0 Å². The SMILES string of the molecule is CC1Cc2ccccc2N(C(CN)c2ccccc2)C1. The third-order valence-electron chi connectivity index (χ3n) is 4.16. The van der Waals surface area contributed by atoms with Gasteiger partial charge in [0.2, 0.25) is 0 Å². The lowest BCUT2D eigenvalue weighted by molar-refractivity contribution is 0.490. The average Bonchev–Trinajstić information content (AvgIpc) is 2.49. The molecule has 0 saturated heterocycles. The van der Waals surface area contributed by atoms with E-state index in [0.29, 0.717) is 12.5 Å². The van der Waals surface area contributed by atoms with E-state index >= 15 is 0 Å². The second-order valence-electron chi connectivity index (χ2n) is 5.75. The number of hydrogen-bond donors (Lipinski definition) is 1. The molecule has 0 spiro atoms. The molecule has 2 N–H and O–H groups in total. The summed E-state index contributed by atoms with van der Waals surface area (Å²) in [5.41, 5.74) is 10.2. The molecule has 104 valence electrons. The zero-order chi connectivity index (χ0) is 13.9. The predicted octanol–water partition coefficient (Wildman–Crippen LogP) is 3.39. The minimum atomic E-state index is 0.264. The Morgan fingerprint density at radius 1 is 1.10 bits per heavy atom. The lowest BCUT2D eigenvalue weighted by atomic mass is 9.91. The summed E-state index contributed by atoms with van der Waals surface area (Å²) >= 11 is 0. The summed E-state index contributed by atoms with van der Waals surface area (Å²) in [6, 6.07) is 19.6. The third-order valence-corrected chi connectivity index (χ3v) is 4.16. The molecule has 0 radical (unpaired) electrons. The summed E-state index contributed by atoms with van der Waals surface area (Å²) in [7, 11) is 0. The molecule has 0 aliphatic carbocycles. The van der Waals surface area contributed by atoms with Crippen molar-refractivity contribution in [2.45, 2.75) is 19.4 Å². The largest absolute Gasteiger partial charge is 0.363 e. The van der Waals surface area contributed by atoms with Gasteiger partial charge in [-0.15, -0.1) is 0 Å². The second-order valence-corrected chi connectivity index (χ2v) is 5.75. The van der Waals surface area contributed by atoms with E-state index in [1.54, 1.807) is 0 Å². The van der Waals surface area contributed by atoms with E-state index in [4.69, 9.17) is 5.73 Å². The van der Waals surface area contributed by atoms with Gasteiger partial charge in [0.05, 0.1) is 6.04 Å². The highest BCUT2D eigenvalue weighted by Crippen LogP contribution is 2.35. The van der Waals surface area contributed by atoms with Crippen molar-refractivity contribution in [2.24, 2.45) is 11.7 Å². The Morgan fingerprint density at radius 2 is 1.80 bits per heavy atom. The quantitative estimate of drug-likeness (QED) is 0.922. The van der Waals surface area contributed by atoms with Gasteiger partial charge in [-0.3, -0.25) is 0 Å². The molecule has 2 aromatic carbocycles. The number of para-hydroxylation sites is 1. The zero-order valence-corrected chi connectivity index (χ0v) is 12.0. The molecule has 2 unspecified atom stereocenters. The molecule has 1 aliphatic heterocycles. The van der Waals surface area contributed by atoms with Crippen molar-refractivity contribution in [3.05, 3.63) is 65.7 Å². The number of fused-ring (bicyclic) bond motifs is 1. The van der Waals surface area contributed by atoms with E-state index in [1.807, 2.05) is 0 Å². The van der Waals surface area contributed by atoms with Crippen LogP contribution in [0.4, 0.5) is 5.69 Å². The number of rotatable bonds is 3. The summed E-state index contributed by atoms with van der Waals surface area (Å²) in [6.45, 7) is 4.04. The van der Waals surface area contributed by atoms with Crippen LogP contribution in [-0.2, 0) is 6.42 Å². The van der Waals surface area contributed by atoms with E-state index in [1.165, 1.54) is 23.2 Å². The number of benzene rings is 2. The van der Waals surface area contributed by atoms with Gasteiger partial charge >= 0.3 is 0 Å². The van der Waals surface area contributed by atoms with Gasteiger partial charge < -0.3 is 10.6 Å². The normalized spacial score (nSPS) is 19.5. The topological polar surface area (TPSA) is 29.3 Å². The van der Waals surface area contributed by atoms with Crippen LogP contribution < -0.4 is 10.6 Å². The van der Waals surface area contributed by atoms with Gasteiger partial charge in [-0.2, -0.15) is 0 Å². The fourth-order valence-electron chi connectivity index (χ4n) is 3.25. The highest BCUT2D eigenvalue weighted by molar-refractivity contribution is 5.57. The molecule has 0 aromatic heterocycles. The average molecular weight is 266 g/mol. The van der Waals surface area contributed by atoms with Crippen LogP contribution in [0.2, 0.25) is 0 Å². The molecule has 1 heterocycles. The molecule has 2 aromatic rings. The number of hydrogen-bond acceptors (Lipinski definition) is 2. The summed E-state index contributed by atoms with van der Waals surface area (Å²) in [6.07, 6.45) is 1.17. The molecule has 2 heteroatoms. The van der Waals surface area contributed by atoms with Gasteiger partial charge in [-0.1, -0.05) is 55.5 Å². The molecule has 0 saturated carbocycles. The Labute approximate surface area is 121 Å². The van der Waals surface area contributed by atoms with Crippen molar-refractivity contribution in [1.29, 1.82) is 0 Å². The Morgan fingerprint density at radius 3 is 2.55 bits per heavy atom. The number of nitrogens with zero attached hydrogens (tertiary/aromatic N) is 1. The fraction of sp³-hybridized carbons (Fsp3) is 0.333. The first-order chi connectivity index (χ1) is 9.79. The van der Waals surface area contributed by atoms with Gasteiger partial charge in [0, 0.05) is 18.8 Å². The maximum absolute atomic E-state index is 6.10. The first-order valence-corrected chi connectivity index (χ1v) is 7.39. The number of nitrogens with two attached hydrogens (primary N) is 1. The Hall–Kier alpha value is -1.80. The minimum Gasteiger partial charge on any atom is -0.363 e. The molecule has 1 aliphatic rings. The predicted molar refractivity (Wildman–Crippen MR) is 84.9 cm³/mol. The minimum absolute atomic E-state index is 0.264. The number of anilines is 1. The van der Waals surface area contributed by atoms with Gasteiger partial charge in [0.25, 0.3) is 0 Å². The highest BCUT2D eigenvalue weighted by Gasteiger charge is 2.27. The van der Waals surface area contributed by atoms with Gasteiger partial charge in [0.1, 0.15) is 0 Å². The first kappa shape index (κ1) is 13.2. The maximum Gasteiger partial charge on any atom is 0.0665 e. The van der Waals surface area contributed by atoms with Crippen molar-refractivity contribution < 1.29 is 0 Å². The summed E-state index contributed by atoms with van der Waals surface area (Å²) in [5.74, 6) is 0.669. The van der Waals surface area contributed by atoms with Gasteiger partial charge in [0.15, 0.2) is 0 Å². The maximum atomic E-state index is 6.10. The Balaban J connectivity index is 2.00. The standard InChI is InChI=1S/C18H22N2/c1-14-11-16-9-5-6-10-17(16)20(13-14)18(12-19)15-7-3-2-4-8-15/h2-10,14,18H,11-13,19H2,1H3. The summed E-state index contributed by atoms with van der Waals surface area (Å²) < 4.78 is 0. The molecule has 0 amide bonds. The van der Waals surface area contributed by atoms with Crippen molar-refractivity contribution in [2.75, 3.05) is 18.0 Å². The molecular formula is C18H22N2. The monoisotopic (exact) mass is 266 g/mol. The molecule has 2 atom stereocenters. The van der Waals surface area contributed by atoms with Crippen LogP contribution in [0.3, 0.4) is 0 Å². The third kappa shape index (κ3) is 2.44. The lowest BCUT2D eigenvalue weighted by Gasteiger charge is -2.40. The molecule has 2 nitrogen and oxygen atoms in total. The van der Waals surface area contributed by atoms with Crippen LogP contribution in [0.1, 0.15) is 24.1 Å². The zero-order valence-electron chi connectivity index (χ0n) is 12.0. The van der Waals surface area contributed by atoms with Crippen molar-refractivity contribution in [3.8, 4) is 0 Å². The van der Waals surface area contributed by atoms with Crippen LogP contribution in [0.15, 0.2) is 54.6 Å². The van der Waals surface area contributed by atoms with Gasteiger partial charge in [-0.25, -0.2) is 0 Å². The van der Waals surface area contributed by atoms with Crippen molar-refractivity contribution >= 4 is 5.69 Å². The molecule has 20 heavy (non-hydrogen) atoms. The van der Waals surface area contributed by atoms with E-state index in [0.717, 1.165) is 6.54 Å². The molecule has 0 bridgehead atoms. The van der Waals surface area contributed by atoms with E-state index in [2.05, 4.69) is 66.4 Å². The van der Waals surface area contributed by atoms with Crippen LogP contribution in [-0.4, -0.2) is 13.1 Å². The lowest BCUT2D eigenvalue weighted by Crippen LogP contribution is -2.40. The van der Waals surface area contributed by atoms with E-state index in [-0.39, 0.29) is 6.04 Å². The Bertz CT molecular complexity index is 565. The van der Waals surface area contributed by atoms with Crippen LogP contribution in [0, 0.1) is 5.92 Å². The van der Waals surface area contributed by atoms with Crippen LogP contribution in [0.5, 0.6) is 0 Å². The summed E-state index contributed by atoms with van der Waals surface area (Å²) in [5, 5.41) is 0. The van der Waals surface area contributed by atoms with Crippen molar-refractivity contribution in [3.63, 3.8) is 0 Å².